The minimum atomic E-state index is -1.69. The molecule has 2 rings (SSSR count). The number of hydrogen-bond acceptors (Lipinski definition) is 11. The summed E-state index contributed by atoms with van der Waals surface area (Å²) in [6.45, 7) is 15.8. The summed E-state index contributed by atoms with van der Waals surface area (Å²) < 4.78 is 5.88. The minimum Gasteiger partial charge on any atom is -0.508 e. The summed E-state index contributed by atoms with van der Waals surface area (Å²) >= 11 is 0. The van der Waals surface area contributed by atoms with Gasteiger partial charge in [-0.25, -0.2) is 4.79 Å². The summed E-state index contributed by atoms with van der Waals surface area (Å²) in [6, 6.07) is -1.56. The Bertz CT molecular complexity index is 1820. The SMILES string of the molecule is CC[C@H](C)[C@H](NC(=O)C(Cc1ccc(O)cc1)N(C)C(=O)[C@H]([C@@H](C)CC)N1CCCCC1=O)C(=O)O[C@H](C)[C@H](NC(=O)[C@H](CCC(N)=O)NC(=O)C(C)C)C(=O)N[C@@H](CC(C)C)C(N)=O. The highest BCUT2D eigenvalue weighted by molar-refractivity contribution is 5.96. The number of aromatic hydroxyl groups is 1. The second kappa shape index (κ2) is 26.3. The maximum absolute atomic E-state index is 14.6. The molecule has 9 atom stereocenters. The Morgan fingerprint density at radius 1 is 0.769 bits per heavy atom. The minimum absolute atomic E-state index is 0.0111. The van der Waals surface area contributed by atoms with E-state index in [0.29, 0.717) is 37.8 Å². The Kier molecular flexibility index (Phi) is 22.4. The molecule has 1 aliphatic heterocycles. The van der Waals surface area contributed by atoms with E-state index in [1.165, 1.54) is 31.0 Å². The molecule has 65 heavy (non-hydrogen) atoms. The van der Waals surface area contributed by atoms with Crippen molar-refractivity contribution in [1.82, 2.24) is 31.1 Å². The second-order valence-corrected chi connectivity index (χ2v) is 18.0. The third kappa shape index (κ3) is 17.0. The average Bonchev–Trinajstić information content (AvgIpc) is 3.24. The molecule has 0 aromatic heterocycles. The van der Waals surface area contributed by atoms with E-state index in [-0.39, 0.29) is 49.2 Å². The van der Waals surface area contributed by atoms with Crippen molar-refractivity contribution in [3.63, 3.8) is 0 Å². The van der Waals surface area contributed by atoms with Gasteiger partial charge in [0.2, 0.25) is 47.3 Å². The van der Waals surface area contributed by atoms with Crippen LogP contribution in [0.15, 0.2) is 24.3 Å². The summed E-state index contributed by atoms with van der Waals surface area (Å²) in [4.78, 5) is 124. The van der Waals surface area contributed by atoms with Gasteiger partial charge in [0.1, 0.15) is 48.1 Å². The quantitative estimate of drug-likeness (QED) is 0.0655. The molecular formula is C46H74N8O11. The van der Waals surface area contributed by atoms with Gasteiger partial charge in [-0.3, -0.25) is 38.4 Å². The van der Waals surface area contributed by atoms with Crippen molar-refractivity contribution < 1.29 is 53.0 Å². The van der Waals surface area contributed by atoms with E-state index in [0.717, 1.165) is 6.42 Å². The van der Waals surface area contributed by atoms with Crippen molar-refractivity contribution in [1.29, 1.82) is 0 Å². The molecule has 364 valence electrons. The zero-order chi connectivity index (χ0) is 49.3. The van der Waals surface area contributed by atoms with E-state index in [2.05, 4.69) is 21.3 Å². The molecule has 9 N–H and O–H groups in total. The van der Waals surface area contributed by atoms with E-state index in [1.54, 1.807) is 58.6 Å². The number of phenols is 1. The number of piperidine rings is 1. The molecule has 1 heterocycles. The Morgan fingerprint density at radius 2 is 1.35 bits per heavy atom. The number of carbonyl (C=O) groups is 9. The molecule has 0 saturated carbocycles. The molecule has 0 spiro atoms. The van der Waals surface area contributed by atoms with Gasteiger partial charge >= 0.3 is 5.97 Å². The van der Waals surface area contributed by atoms with Gasteiger partial charge in [0.15, 0.2) is 0 Å². The molecule has 19 heteroatoms. The summed E-state index contributed by atoms with van der Waals surface area (Å²) in [5.41, 5.74) is 11.5. The lowest BCUT2D eigenvalue weighted by atomic mass is 9.92. The van der Waals surface area contributed by atoms with Crippen LogP contribution in [0.4, 0.5) is 0 Å². The molecule has 0 aliphatic carbocycles. The van der Waals surface area contributed by atoms with Crippen LogP contribution >= 0.6 is 0 Å². The van der Waals surface area contributed by atoms with Crippen molar-refractivity contribution in [2.24, 2.45) is 35.1 Å². The maximum Gasteiger partial charge on any atom is 0.329 e. The summed E-state index contributed by atoms with van der Waals surface area (Å²) in [5.74, 6) is -7.82. The van der Waals surface area contributed by atoms with Crippen LogP contribution in [0.5, 0.6) is 5.75 Å². The average molecular weight is 915 g/mol. The van der Waals surface area contributed by atoms with Crippen LogP contribution in [0, 0.1) is 23.7 Å². The fourth-order valence-corrected chi connectivity index (χ4v) is 7.42. The predicted molar refractivity (Wildman–Crippen MR) is 242 cm³/mol. The Balaban J connectivity index is 2.58. The highest BCUT2D eigenvalue weighted by Crippen LogP contribution is 2.25. The fraction of sp³-hybridized carbons (Fsp3) is 0.674. The smallest absolute Gasteiger partial charge is 0.329 e. The zero-order valence-electron chi connectivity index (χ0n) is 39.8. The second-order valence-electron chi connectivity index (χ2n) is 18.0. The van der Waals surface area contributed by atoms with Crippen molar-refractivity contribution in [2.75, 3.05) is 13.6 Å². The Hall–Kier alpha value is -5.75. The number of primary amides is 2. The predicted octanol–water partition coefficient (Wildman–Crippen LogP) is 1.56. The molecule has 1 fully saturated rings. The third-order valence-corrected chi connectivity index (χ3v) is 11.9. The fourth-order valence-electron chi connectivity index (χ4n) is 7.42. The molecule has 0 bridgehead atoms. The molecule has 1 saturated heterocycles. The maximum atomic E-state index is 14.6. The molecule has 8 amide bonds. The zero-order valence-corrected chi connectivity index (χ0v) is 39.8. The van der Waals surface area contributed by atoms with Crippen LogP contribution in [0.1, 0.15) is 119 Å². The van der Waals surface area contributed by atoms with E-state index in [9.17, 15) is 48.3 Å². The number of ether oxygens (including phenoxy) is 1. The first-order chi connectivity index (χ1) is 30.4. The lowest BCUT2D eigenvalue weighted by molar-refractivity contribution is -0.158. The number of phenolic OH excluding ortho intramolecular Hbond substituents is 1. The number of hydrogen-bond donors (Lipinski definition) is 7. The molecule has 1 aromatic rings. The van der Waals surface area contributed by atoms with Gasteiger partial charge in [0.05, 0.1) is 0 Å². The van der Waals surface area contributed by atoms with Crippen LogP contribution in [-0.4, -0.2) is 124 Å². The molecule has 1 unspecified atom stereocenters. The molecule has 1 aromatic carbocycles. The molecular weight excluding hydrogens is 841 g/mol. The number of benzene rings is 1. The summed E-state index contributed by atoms with van der Waals surface area (Å²) in [6.07, 6.45) is 0.770. The monoisotopic (exact) mass is 915 g/mol. The van der Waals surface area contributed by atoms with E-state index in [1.807, 2.05) is 13.8 Å². The van der Waals surface area contributed by atoms with Crippen molar-refractivity contribution in [3.05, 3.63) is 29.8 Å². The van der Waals surface area contributed by atoms with Gasteiger partial charge in [-0.1, -0.05) is 80.4 Å². The van der Waals surface area contributed by atoms with E-state index in [4.69, 9.17) is 16.2 Å². The van der Waals surface area contributed by atoms with Crippen LogP contribution in [-0.2, 0) is 54.3 Å². The number of esters is 1. The number of nitrogens with zero attached hydrogens (tertiary/aromatic N) is 2. The Morgan fingerprint density at radius 3 is 1.88 bits per heavy atom. The van der Waals surface area contributed by atoms with Crippen molar-refractivity contribution in [3.8, 4) is 5.75 Å². The first-order valence-electron chi connectivity index (χ1n) is 22.8. The number of nitrogens with two attached hydrogens (primary N) is 2. The molecule has 1 aliphatic rings. The third-order valence-electron chi connectivity index (χ3n) is 11.9. The normalized spacial score (nSPS) is 17.0. The standard InChI is InChI=1S/C46H74N8O11/c1-11-27(7)37(51-43(61)34(24-30-16-18-31(55)19-17-30)53(10)45(63)39(28(8)12-2)54-22-14-13-15-36(54)57)46(64)65-29(9)38(44(62)50-33(40(48)58)23-25(3)4)52-42(60)32(20-21-35(47)56)49-41(59)26(5)6/h16-19,25-29,32-34,37-39,55H,11-15,20-24H2,1-10H3,(H2,47,56)(H2,48,58)(H,49,59)(H,50,62)(H,51,61)(H,52,60)/t27-,28-,29+,32-,33-,34?,37-,38-,39-/m0/s1. The largest absolute Gasteiger partial charge is 0.508 e. The number of likely N-dealkylation sites (tertiary alicyclic amines) is 1. The lowest BCUT2D eigenvalue weighted by Crippen LogP contribution is -2.61. The van der Waals surface area contributed by atoms with Gasteiger partial charge in [-0.2, -0.15) is 0 Å². The highest BCUT2D eigenvalue weighted by Gasteiger charge is 2.42. The lowest BCUT2D eigenvalue weighted by Gasteiger charge is -2.40. The number of rotatable bonds is 26. The Labute approximate surface area is 383 Å². The molecule has 19 nitrogen and oxygen atoms in total. The van der Waals surface area contributed by atoms with Crippen LogP contribution in [0.25, 0.3) is 0 Å². The van der Waals surface area contributed by atoms with E-state index >= 15 is 0 Å². The topological polar surface area (TPSA) is 290 Å². The number of nitrogens with one attached hydrogen (secondary N) is 4. The van der Waals surface area contributed by atoms with Crippen LogP contribution in [0.3, 0.4) is 0 Å². The van der Waals surface area contributed by atoms with E-state index < -0.39 is 102 Å². The van der Waals surface area contributed by atoms with Crippen molar-refractivity contribution in [2.45, 2.75) is 162 Å². The first kappa shape index (κ1) is 55.4. The van der Waals surface area contributed by atoms with Gasteiger partial charge in [-0.15, -0.1) is 0 Å². The van der Waals surface area contributed by atoms with Gasteiger partial charge in [0, 0.05) is 38.8 Å². The van der Waals surface area contributed by atoms with Crippen LogP contribution in [0.2, 0.25) is 0 Å². The van der Waals surface area contributed by atoms with Crippen LogP contribution < -0.4 is 32.7 Å². The number of carbonyl (C=O) groups excluding carboxylic acids is 9. The van der Waals surface area contributed by atoms with Gasteiger partial charge in [0.25, 0.3) is 0 Å². The van der Waals surface area contributed by atoms with Crippen molar-refractivity contribution >= 4 is 53.2 Å². The van der Waals surface area contributed by atoms with Gasteiger partial charge < -0.3 is 52.4 Å². The molecule has 0 radical (unpaired) electrons. The first-order valence-corrected chi connectivity index (χ1v) is 22.8. The summed E-state index contributed by atoms with van der Waals surface area (Å²) in [7, 11) is 1.47. The summed E-state index contributed by atoms with van der Waals surface area (Å²) in [5, 5.41) is 20.4. The van der Waals surface area contributed by atoms with Gasteiger partial charge in [-0.05, 0) is 68.1 Å². The number of amides is 8. The number of likely N-dealkylation sites (N-methyl/N-ethyl adjacent to an activating group) is 1. The highest BCUT2D eigenvalue weighted by atomic mass is 16.5.